The average molecular weight is 500 g/mol. The number of pyridine rings is 1. The third kappa shape index (κ3) is 6.25. The summed E-state index contributed by atoms with van der Waals surface area (Å²) in [6.07, 6.45) is 1.78. The van der Waals surface area contributed by atoms with Gasteiger partial charge in [0.05, 0.1) is 32.5 Å². The molecule has 36 heavy (non-hydrogen) atoms. The monoisotopic (exact) mass is 499 g/mol. The Morgan fingerprint density at radius 2 is 1.69 bits per heavy atom. The molecule has 2 aromatic heterocycles. The molecule has 0 aliphatic heterocycles. The first-order valence-electron chi connectivity index (χ1n) is 11.4. The number of aryl methyl sites for hydroxylation is 1. The molecule has 0 saturated carbocycles. The SMILES string of the molecule is COc1cc(OC)cc(N(CCCNCC(F)(F)F)c2ccc3ncc(-c4cnn(C)c4)cc3c2)c1. The van der Waals surface area contributed by atoms with Gasteiger partial charge in [0.15, 0.2) is 0 Å². The van der Waals surface area contributed by atoms with Crippen molar-refractivity contribution in [2.75, 3.05) is 38.8 Å². The van der Waals surface area contributed by atoms with Crippen LogP contribution in [0.3, 0.4) is 0 Å². The van der Waals surface area contributed by atoms with Gasteiger partial charge in [0, 0.05) is 72.1 Å². The average Bonchev–Trinajstić information content (AvgIpc) is 3.30. The number of benzene rings is 2. The number of methoxy groups -OCH3 is 2. The standard InChI is InChI=1S/C26H28F3N5O2/c1-33-16-20(15-32-33)19-9-18-10-21(5-6-25(18)31-14-19)34(8-4-7-30-17-26(27,28)29)22-11-23(35-2)13-24(12-22)36-3/h5-6,9-16,30H,4,7-8,17H2,1-3H3. The predicted octanol–water partition coefficient (Wildman–Crippen LogP) is 5.33. The fourth-order valence-corrected chi connectivity index (χ4v) is 3.96. The van der Waals surface area contributed by atoms with E-state index in [9.17, 15) is 13.2 Å². The van der Waals surface area contributed by atoms with Crippen molar-refractivity contribution in [3.63, 3.8) is 0 Å². The van der Waals surface area contributed by atoms with E-state index < -0.39 is 12.7 Å². The molecule has 0 unspecified atom stereocenters. The van der Waals surface area contributed by atoms with Crippen LogP contribution in [0.2, 0.25) is 0 Å². The summed E-state index contributed by atoms with van der Waals surface area (Å²) in [6, 6.07) is 13.5. The predicted molar refractivity (Wildman–Crippen MR) is 134 cm³/mol. The Morgan fingerprint density at radius 3 is 2.33 bits per heavy atom. The molecular formula is C26H28F3N5O2. The van der Waals surface area contributed by atoms with Gasteiger partial charge in [-0.2, -0.15) is 18.3 Å². The van der Waals surface area contributed by atoms with Crippen LogP contribution in [0.25, 0.3) is 22.0 Å². The molecule has 0 saturated heterocycles. The third-order valence-corrected chi connectivity index (χ3v) is 5.72. The zero-order valence-corrected chi connectivity index (χ0v) is 20.3. The van der Waals surface area contributed by atoms with Crippen molar-refractivity contribution >= 4 is 22.3 Å². The molecule has 1 N–H and O–H groups in total. The Labute approximate surface area is 207 Å². The van der Waals surface area contributed by atoms with Crippen LogP contribution in [0.15, 0.2) is 61.1 Å². The van der Waals surface area contributed by atoms with Gasteiger partial charge in [-0.1, -0.05) is 0 Å². The lowest BCUT2D eigenvalue weighted by Gasteiger charge is -2.26. The summed E-state index contributed by atoms with van der Waals surface area (Å²) in [7, 11) is 5.01. The van der Waals surface area contributed by atoms with Gasteiger partial charge in [0.2, 0.25) is 0 Å². The maximum atomic E-state index is 12.5. The number of fused-ring (bicyclic) bond motifs is 1. The highest BCUT2D eigenvalue weighted by Crippen LogP contribution is 2.34. The molecule has 4 aromatic rings. The minimum Gasteiger partial charge on any atom is -0.497 e. The van der Waals surface area contributed by atoms with Crippen LogP contribution in [0.5, 0.6) is 11.5 Å². The summed E-state index contributed by atoms with van der Waals surface area (Å²) >= 11 is 0. The van der Waals surface area contributed by atoms with E-state index in [1.807, 2.05) is 54.7 Å². The number of alkyl halides is 3. The number of aromatic nitrogens is 3. The van der Waals surface area contributed by atoms with Gasteiger partial charge < -0.3 is 19.7 Å². The van der Waals surface area contributed by atoms with Crippen molar-refractivity contribution in [1.29, 1.82) is 0 Å². The highest BCUT2D eigenvalue weighted by Gasteiger charge is 2.26. The van der Waals surface area contributed by atoms with Crippen molar-refractivity contribution in [2.45, 2.75) is 12.6 Å². The molecule has 2 aromatic carbocycles. The van der Waals surface area contributed by atoms with E-state index in [0.717, 1.165) is 33.4 Å². The van der Waals surface area contributed by atoms with Gasteiger partial charge in [-0.3, -0.25) is 9.67 Å². The summed E-state index contributed by atoms with van der Waals surface area (Å²) in [4.78, 5) is 6.63. The van der Waals surface area contributed by atoms with Crippen LogP contribution in [0.4, 0.5) is 24.5 Å². The molecule has 0 aliphatic rings. The van der Waals surface area contributed by atoms with Gasteiger partial charge >= 0.3 is 6.18 Å². The zero-order chi connectivity index (χ0) is 25.7. The molecule has 2 heterocycles. The van der Waals surface area contributed by atoms with E-state index >= 15 is 0 Å². The smallest absolute Gasteiger partial charge is 0.401 e. The topological polar surface area (TPSA) is 64.4 Å². The Balaban J connectivity index is 1.67. The normalized spacial score (nSPS) is 11.6. The van der Waals surface area contributed by atoms with E-state index in [1.54, 1.807) is 31.2 Å². The second kappa shape index (κ2) is 10.9. The summed E-state index contributed by atoms with van der Waals surface area (Å²) in [6.45, 7) is -0.321. The van der Waals surface area contributed by atoms with Gasteiger partial charge in [0.1, 0.15) is 11.5 Å². The molecule has 0 amide bonds. The second-order valence-corrected chi connectivity index (χ2v) is 8.37. The number of anilines is 2. The van der Waals surface area contributed by atoms with Crippen LogP contribution in [-0.2, 0) is 7.05 Å². The Bertz CT molecular complexity index is 1300. The van der Waals surface area contributed by atoms with Crippen LogP contribution >= 0.6 is 0 Å². The quantitative estimate of drug-likeness (QED) is 0.298. The summed E-state index contributed by atoms with van der Waals surface area (Å²) in [5, 5.41) is 7.64. The summed E-state index contributed by atoms with van der Waals surface area (Å²) in [5.74, 6) is 1.23. The van der Waals surface area contributed by atoms with Crippen molar-refractivity contribution in [1.82, 2.24) is 20.1 Å². The maximum absolute atomic E-state index is 12.5. The molecule has 190 valence electrons. The van der Waals surface area contributed by atoms with E-state index in [2.05, 4.69) is 21.5 Å². The lowest BCUT2D eigenvalue weighted by atomic mass is 10.1. The maximum Gasteiger partial charge on any atom is 0.401 e. The molecule has 0 spiro atoms. The first kappa shape index (κ1) is 25.3. The first-order valence-corrected chi connectivity index (χ1v) is 11.4. The van der Waals surface area contributed by atoms with E-state index in [0.29, 0.717) is 24.5 Å². The first-order chi connectivity index (χ1) is 17.3. The zero-order valence-electron chi connectivity index (χ0n) is 20.3. The molecule has 7 nitrogen and oxygen atoms in total. The molecule has 4 rings (SSSR count). The van der Waals surface area contributed by atoms with Crippen molar-refractivity contribution in [3.05, 3.63) is 61.1 Å². The van der Waals surface area contributed by atoms with Gasteiger partial charge in [0.25, 0.3) is 0 Å². The van der Waals surface area contributed by atoms with Crippen molar-refractivity contribution in [2.24, 2.45) is 7.05 Å². The number of rotatable bonds is 10. The van der Waals surface area contributed by atoms with Crippen molar-refractivity contribution < 1.29 is 22.6 Å². The molecule has 0 radical (unpaired) electrons. The molecular weight excluding hydrogens is 471 g/mol. The highest BCUT2D eigenvalue weighted by molar-refractivity contribution is 5.87. The van der Waals surface area contributed by atoms with E-state index in [4.69, 9.17) is 9.47 Å². The number of nitrogens with zero attached hydrogens (tertiary/aromatic N) is 4. The summed E-state index contributed by atoms with van der Waals surface area (Å²) < 4.78 is 50.2. The Morgan fingerprint density at radius 1 is 0.944 bits per heavy atom. The fourth-order valence-electron chi connectivity index (χ4n) is 3.96. The number of ether oxygens (including phenoxy) is 2. The van der Waals surface area contributed by atoms with E-state index in [1.165, 1.54) is 0 Å². The number of hydrogen-bond donors (Lipinski definition) is 1. The molecule has 10 heteroatoms. The number of hydrogen-bond acceptors (Lipinski definition) is 6. The Kier molecular flexibility index (Phi) is 7.64. The van der Waals surface area contributed by atoms with Gasteiger partial charge in [-0.15, -0.1) is 0 Å². The highest BCUT2D eigenvalue weighted by atomic mass is 19.4. The van der Waals surface area contributed by atoms with E-state index in [-0.39, 0.29) is 6.54 Å². The minimum atomic E-state index is -4.24. The van der Waals surface area contributed by atoms with Gasteiger partial charge in [-0.05, 0) is 37.2 Å². The Hall–Kier alpha value is -3.79. The molecule has 0 atom stereocenters. The number of nitrogens with one attached hydrogen (secondary N) is 1. The van der Waals surface area contributed by atoms with Crippen LogP contribution < -0.4 is 19.7 Å². The summed E-state index contributed by atoms with van der Waals surface area (Å²) in [5.41, 5.74) is 4.42. The lowest BCUT2D eigenvalue weighted by Crippen LogP contribution is -2.31. The van der Waals surface area contributed by atoms with Gasteiger partial charge in [-0.25, -0.2) is 0 Å². The minimum absolute atomic E-state index is 0.220. The second-order valence-electron chi connectivity index (χ2n) is 8.37. The molecule has 0 aliphatic carbocycles. The molecule has 0 bridgehead atoms. The van der Waals surface area contributed by atoms with Crippen LogP contribution in [0.1, 0.15) is 6.42 Å². The van der Waals surface area contributed by atoms with Crippen molar-refractivity contribution in [3.8, 4) is 22.6 Å². The molecule has 0 fully saturated rings. The number of halogens is 3. The van der Waals surface area contributed by atoms with Crippen LogP contribution in [-0.4, -0.2) is 54.8 Å². The fraction of sp³-hybridized carbons (Fsp3) is 0.308. The van der Waals surface area contributed by atoms with Crippen LogP contribution in [0, 0.1) is 0 Å². The third-order valence-electron chi connectivity index (χ3n) is 5.72. The largest absolute Gasteiger partial charge is 0.497 e. The lowest BCUT2D eigenvalue weighted by molar-refractivity contribution is -0.124.